The molecule has 0 aromatic carbocycles. The number of hydrogen-bond donors (Lipinski definition) is 1. The van der Waals surface area contributed by atoms with E-state index in [1.54, 1.807) is 0 Å². The average molecular weight is 355 g/mol. The molecule has 0 saturated carbocycles. The fourth-order valence-electron chi connectivity index (χ4n) is 2.26. The van der Waals surface area contributed by atoms with Crippen LogP contribution < -0.4 is 5.32 Å². The second kappa shape index (κ2) is 7.20. The Morgan fingerprint density at radius 1 is 1.43 bits per heavy atom. The first kappa shape index (κ1) is 16.2. The summed E-state index contributed by atoms with van der Waals surface area (Å²) in [6.07, 6.45) is 5.73. The molecule has 0 fully saturated rings. The van der Waals surface area contributed by atoms with Crippen molar-refractivity contribution in [3.8, 4) is 0 Å². The van der Waals surface area contributed by atoms with E-state index in [1.807, 2.05) is 35.0 Å². The summed E-state index contributed by atoms with van der Waals surface area (Å²) in [5.74, 6) is 0. The quantitative estimate of drug-likeness (QED) is 0.821. The highest BCUT2D eigenvalue weighted by atomic mass is 79.9. The molecule has 21 heavy (non-hydrogen) atoms. The number of aromatic nitrogens is 4. The zero-order valence-corrected chi connectivity index (χ0v) is 14.6. The van der Waals surface area contributed by atoms with Gasteiger partial charge in [-0.2, -0.15) is 5.10 Å². The predicted molar refractivity (Wildman–Crippen MR) is 87.2 cm³/mol. The van der Waals surface area contributed by atoms with Crippen LogP contribution >= 0.6 is 15.9 Å². The van der Waals surface area contributed by atoms with Gasteiger partial charge in [0.2, 0.25) is 0 Å². The summed E-state index contributed by atoms with van der Waals surface area (Å²) in [4.78, 5) is 6.65. The Labute approximate surface area is 134 Å². The van der Waals surface area contributed by atoms with Gasteiger partial charge in [-0.1, -0.05) is 6.92 Å². The summed E-state index contributed by atoms with van der Waals surface area (Å²) in [5.41, 5.74) is 2.13. The molecule has 0 spiro atoms. The Balaban J connectivity index is 2.33. The fourth-order valence-corrected chi connectivity index (χ4v) is 2.78. The molecule has 1 N–H and O–H groups in total. The van der Waals surface area contributed by atoms with Crippen LogP contribution in [0.5, 0.6) is 0 Å². The number of nitrogens with zero attached hydrogens (tertiary/aromatic N) is 5. The third-order valence-corrected chi connectivity index (χ3v) is 3.91. The van der Waals surface area contributed by atoms with Gasteiger partial charge in [0.05, 0.1) is 41.0 Å². The van der Waals surface area contributed by atoms with Gasteiger partial charge in [-0.15, -0.1) is 0 Å². The molecule has 1 unspecified atom stereocenters. The van der Waals surface area contributed by atoms with Gasteiger partial charge >= 0.3 is 0 Å². The van der Waals surface area contributed by atoms with E-state index >= 15 is 0 Å². The monoisotopic (exact) mass is 354 g/mol. The second-order valence-electron chi connectivity index (χ2n) is 5.36. The molecule has 0 saturated heterocycles. The van der Waals surface area contributed by atoms with Crippen molar-refractivity contribution < 1.29 is 0 Å². The van der Waals surface area contributed by atoms with Crippen molar-refractivity contribution in [2.45, 2.75) is 19.5 Å². The first-order chi connectivity index (χ1) is 10.0. The molecule has 2 aromatic heterocycles. The van der Waals surface area contributed by atoms with Gasteiger partial charge in [0, 0.05) is 19.8 Å². The highest BCUT2D eigenvalue weighted by Crippen LogP contribution is 2.27. The van der Waals surface area contributed by atoms with Crippen molar-refractivity contribution in [2.24, 2.45) is 7.05 Å². The summed E-state index contributed by atoms with van der Waals surface area (Å²) in [5, 5.41) is 7.99. The number of imidazole rings is 1. The van der Waals surface area contributed by atoms with Crippen LogP contribution in [0.15, 0.2) is 23.2 Å². The largest absolute Gasteiger partial charge is 0.340 e. The highest BCUT2D eigenvalue weighted by molar-refractivity contribution is 9.10. The van der Waals surface area contributed by atoms with Gasteiger partial charge in [-0.3, -0.25) is 4.68 Å². The van der Waals surface area contributed by atoms with Crippen LogP contribution in [-0.4, -0.2) is 51.4 Å². The molecule has 6 nitrogen and oxygen atoms in total. The lowest BCUT2D eigenvalue weighted by atomic mass is 10.1. The van der Waals surface area contributed by atoms with E-state index in [0.717, 1.165) is 35.5 Å². The standard InChI is InChI=1S/C14H23BrN6/c1-5-16-13(12-9-20(4)10-17-12)14-11(15)8-18-21(14)7-6-19(2)3/h8-10,13,16H,5-7H2,1-4H3. The SMILES string of the molecule is CCNC(c1cn(C)cn1)c1c(Br)cnn1CCN(C)C. The molecular weight excluding hydrogens is 332 g/mol. The van der Waals surface area contributed by atoms with Crippen LogP contribution in [0.2, 0.25) is 0 Å². The van der Waals surface area contributed by atoms with Crippen LogP contribution in [-0.2, 0) is 13.6 Å². The molecule has 0 aliphatic heterocycles. The Hall–Kier alpha value is -1.18. The van der Waals surface area contributed by atoms with E-state index in [4.69, 9.17) is 0 Å². The van der Waals surface area contributed by atoms with E-state index in [9.17, 15) is 0 Å². The number of aryl methyl sites for hydroxylation is 1. The number of hydrogen-bond acceptors (Lipinski definition) is 4. The Bertz CT molecular complexity index is 574. The van der Waals surface area contributed by atoms with Crippen molar-refractivity contribution in [1.82, 2.24) is 29.5 Å². The van der Waals surface area contributed by atoms with Gasteiger partial charge in [0.1, 0.15) is 0 Å². The fraction of sp³-hybridized carbons (Fsp3) is 0.571. The number of likely N-dealkylation sites (N-methyl/N-ethyl adjacent to an activating group) is 1. The summed E-state index contributed by atoms with van der Waals surface area (Å²) in [6, 6.07) is 0.0373. The predicted octanol–water partition coefficient (Wildman–Crippen LogP) is 1.64. The van der Waals surface area contributed by atoms with Crippen molar-refractivity contribution in [1.29, 1.82) is 0 Å². The molecule has 2 heterocycles. The Morgan fingerprint density at radius 2 is 2.19 bits per heavy atom. The van der Waals surface area contributed by atoms with Crippen LogP contribution in [0.1, 0.15) is 24.4 Å². The van der Waals surface area contributed by atoms with Gasteiger partial charge in [0.15, 0.2) is 0 Å². The van der Waals surface area contributed by atoms with E-state index in [0.29, 0.717) is 0 Å². The summed E-state index contributed by atoms with van der Waals surface area (Å²) in [6.45, 7) is 4.77. The molecule has 0 radical (unpaired) electrons. The Kier molecular flexibility index (Phi) is 5.55. The lowest BCUT2D eigenvalue weighted by molar-refractivity contribution is 0.365. The second-order valence-corrected chi connectivity index (χ2v) is 6.21. The number of halogens is 1. The van der Waals surface area contributed by atoms with Gasteiger partial charge in [0.25, 0.3) is 0 Å². The van der Waals surface area contributed by atoms with Crippen molar-refractivity contribution in [3.63, 3.8) is 0 Å². The minimum Gasteiger partial charge on any atom is -0.340 e. The van der Waals surface area contributed by atoms with Crippen molar-refractivity contribution in [2.75, 3.05) is 27.2 Å². The van der Waals surface area contributed by atoms with E-state index < -0.39 is 0 Å². The van der Waals surface area contributed by atoms with E-state index in [1.165, 1.54) is 0 Å². The zero-order chi connectivity index (χ0) is 15.4. The van der Waals surface area contributed by atoms with Crippen molar-refractivity contribution >= 4 is 15.9 Å². The summed E-state index contributed by atoms with van der Waals surface area (Å²) in [7, 11) is 6.12. The molecule has 116 valence electrons. The lowest BCUT2D eigenvalue weighted by Crippen LogP contribution is -2.27. The third kappa shape index (κ3) is 3.93. The molecule has 2 rings (SSSR count). The summed E-state index contributed by atoms with van der Waals surface area (Å²) >= 11 is 3.63. The van der Waals surface area contributed by atoms with Crippen LogP contribution in [0.3, 0.4) is 0 Å². The van der Waals surface area contributed by atoms with E-state index in [-0.39, 0.29) is 6.04 Å². The topological polar surface area (TPSA) is 50.9 Å². The first-order valence-electron chi connectivity index (χ1n) is 7.10. The van der Waals surface area contributed by atoms with Gasteiger partial charge in [-0.05, 0) is 36.6 Å². The molecule has 1 atom stereocenters. The van der Waals surface area contributed by atoms with Crippen LogP contribution in [0.4, 0.5) is 0 Å². The maximum absolute atomic E-state index is 4.50. The average Bonchev–Trinajstić information content (AvgIpc) is 3.00. The normalized spacial score (nSPS) is 13.0. The number of rotatable bonds is 7. The zero-order valence-electron chi connectivity index (χ0n) is 13.0. The smallest absolute Gasteiger partial charge is 0.0949 e. The lowest BCUT2D eigenvalue weighted by Gasteiger charge is -2.19. The molecule has 7 heteroatoms. The van der Waals surface area contributed by atoms with E-state index in [2.05, 4.69) is 57.2 Å². The number of nitrogens with one attached hydrogen (secondary N) is 1. The van der Waals surface area contributed by atoms with Gasteiger partial charge < -0.3 is 14.8 Å². The maximum Gasteiger partial charge on any atom is 0.0949 e. The maximum atomic E-state index is 4.50. The van der Waals surface area contributed by atoms with Crippen LogP contribution in [0.25, 0.3) is 0 Å². The summed E-state index contributed by atoms with van der Waals surface area (Å²) < 4.78 is 5.03. The minimum atomic E-state index is 0.0373. The van der Waals surface area contributed by atoms with Crippen molar-refractivity contribution in [3.05, 3.63) is 34.6 Å². The molecular formula is C14H23BrN6. The molecule has 2 aromatic rings. The molecule has 0 aliphatic rings. The van der Waals surface area contributed by atoms with Gasteiger partial charge in [-0.25, -0.2) is 4.98 Å². The van der Waals surface area contributed by atoms with Crippen LogP contribution in [0, 0.1) is 0 Å². The molecule has 0 amide bonds. The molecule has 0 bridgehead atoms. The Morgan fingerprint density at radius 3 is 2.76 bits per heavy atom. The molecule has 0 aliphatic carbocycles. The third-order valence-electron chi connectivity index (χ3n) is 3.29. The first-order valence-corrected chi connectivity index (χ1v) is 7.89. The minimum absolute atomic E-state index is 0.0373. The highest BCUT2D eigenvalue weighted by Gasteiger charge is 2.23.